The van der Waals surface area contributed by atoms with Gasteiger partial charge in [-0.2, -0.15) is 0 Å². The maximum Gasteiger partial charge on any atom is 0.246 e. The summed E-state index contributed by atoms with van der Waals surface area (Å²) in [5.41, 5.74) is 4.22. The van der Waals surface area contributed by atoms with E-state index in [0.29, 0.717) is 26.4 Å². The Morgan fingerprint density at radius 1 is 0.806 bits per heavy atom. The van der Waals surface area contributed by atoms with Crippen molar-refractivity contribution in [2.24, 2.45) is 0 Å². The van der Waals surface area contributed by atoms with Crippen molar-refractivity contribution >= 4 is 27.5 Å². The number of nitrogens with one attached hydrogen (secondary N) is 1. The van der Waals surface area contributed by atoms with Crippen molar-refractivity contribution < 1.29 is 14.3 Å². The van der Waals surface area contributed by atoms with Gasteiger partial charge in [-0.05, 0) is 28.8 Å². The lowest BCUT2D eigenvalue weighted by Crippen LogP contribution is -2.27. The standard InChI is InChI=1S/C25H24N2O3S/c28-24(17-30-18-25-27-22-11-4-5-12-23(22)31-25)26-14-20-9-6-10-21(13-20)16-29-15-19-7-2-1-3-8-19/h1-13H,14-18H2,(H,26,28). The molecule has 31 heavy (non-hydrogen) atoms. The lowest BCUT2D eigenvalue weighted by molar-refractivity contribution is -0.126. The molecule has 158 valence electrons. The number of carbonyl (C=O) groups excluding carboxylic acids is 1. The quantitative estimate of drug-likeness (QED) is 0.389. The maximum atomic E-state index is 12.1. The van der Waals surface area contributed by atoms with Crippen molar-refractivity contribution in [1.29, 1.82) is 0 Å². The maximum absolute atomic E-state index is 12.1. The Bertz CT molecular complexity index is 1090. The van der Waals surface area contributed by atoms with Crippen LogP contribution in [-0.2, 0) is 40.6 Å². The molecule has 0 aliphatic rings. The van der Waals surface area contributed by atoms with E-state index in [9.17, 15) is 4.79 Å². The zero-order valence-electron chi connectivity index (χ0n) is 17.1. The van der Waals surface area contributed by atoms with Gasteiger partial charge >= 0.3 is 0 Å². The molecule has 6 heteroatoms. The van der Waals surface area contributed by atoms with Gasteiger partial charge in [0.2, 0.25) is 5.91 Å². The Kier molecular flexibility index (Phi) is 7.39. The summed E-state index contributed by atoms with van der Waals surface area (Å²) in [5.74, 6) is -0.146. The van der Waals surface area contributed by atoms with Crippen LogP contribution in [0, 0.1) is 0 Å². The summed E-state index contributed by atoms with van der Waals surface area (Å²) < 4.78 is 12.4. The molecular weight excluding hydrogens is 408 g/mol. The molecule has 0 aliphatic carbocycles. The Labute approximate surface area is 185 Å². The van der Waals surface area contributed by atoms with Crippen molar-refractivity contribution in [3.63, 3.8) is 0 Å². The Morgan fingerprint density at radius 2 is 1.55 bits per heavy atom. The average Bonchev–Trinajstić information content (AvgIpc) is 3.22. The molecule has 0 radical (unpaired) electrons. The third-order valence-corrected chi connectivity index (χ3v) is 5.67. The molecule has 5 nitrogen and oxygen atoms in total. The molecule has 1 amide bonds. The third kappa shape index (κ3) is 6.46. The van der Waals surface area contributed by atoms with Crippen LogP contribution < -0.4 is 5.32 Å². The van der Waals surface area contributed by atoms with Crippen molar-refractivity contribution in [2.45, 2.75) is 26.4 Å². The molecule has 0 fully saturated rings. The summed E-state index contributed by atoms with van der Waals surface area (Å²) in [6.07, 6.45) is 0. The fraction of sp³-hybridized carbons (Fsp3) is 0.200. The number of hydrogen-bond acceptors (Lipinski definition) is 5. The highest BCUT2D eigenvalue weighted by Crippen LogP contribution is 2.21. The van der Waals surface area contributed by atoms with Crippen LogP contribution in [0.2, 0.25) is 0 Å². The Morgan fingerprint density at radius 3 is 2.42 bits per heavy atom. The molecule has 1 N–H and O–H groups in total. The number of thiazole rings is 1. The first-order valence-corrected chi connectivity index (χ1v) is 11.0. The predicted octanol–water partition coefficient (Wildman–Crippen LogP) is 4.85. The molecular formula is C25H24N2O3S. The number of nitrogens with zero attached hydrogens (tertiary/aromatic N) is 1. The summed E-state index contributed by atoms with van der Waals surface area (Å²) >= 11 is 1.59. The van der Waals surface area contributed by atoms with E-state index in [1.165, 1.54) is 0 Å². The SMILES string of the molecule is O=C(COCc1nc2ccccc2s1)NCc1cccc(COCc2ccccc2)c1. The van der Waals surface area contributed by atoms with Crippen LogP contribution >= 0.6 is 11.3 Å². The van der Waals surface area contributed by atoms with Gasteiger partial charge in [-0.15, -0.1) is 11.3 Å². The molecule has 4 rings (SSSR count). The molecule has 0 unspecified atom stereocenters. The highest BCUT2D eigenvalue weighted by Gasteiger charge is 2.06. The van der Waals surface area contributed by atoms with Gasteiger partial charge in [0.15, 0.2) is 0 Å². The highest BCUT2D eigenvalue weighted by molar-refractivity contribution is 7.18. The first kappa shape index (κ1) is 21.2. The van der Waals surface area contributed by atoms with Gasteiger partial charge in [0.05, 0.1) is 30.0 Å². The van der Waals surface area contributed by atoms with Gasteiger partial charge in [-0.25, -0.2) is 4.98 Å². The zero-order valence-corrected chi connectivity index (χ0v) is 17.9. The number of amides is 1. The molecule has 0 atom stereocenters. The molecule has 0 saturated carbocycles. The minimum atomic E-state index is -0.146. The zero-order chi connectivity index (χ0) is 21.3. The third-order valence-electron chi connectivity index (χ3n) is 4.66. The van der Waals surface area contributed by atoms with Crippen LogP contribution in [0.3, 0.4) is 0 Å². The molecule has 1 heterocycles. The van der Waals surface area contributed by atoms with Crippen LogP contribution in [0.15, 0.2) is 78.9 Å². The smallest absolute Gasteiger partial charge is 0.246 e. The number of rotatable bonds is 10. The van der Waals surface area contributed by atoms with E-state index in [-0.39, 0.29) is 12.5 Å². The van der Waals surface area contributed by atoms with E-state index in [1.54, 1.807) is 11.3 Å². The van der Waals surface area contributed by atoms with Gasteiger partial charge in [0.1, 0.15) is 11.6 Å². The fourth-order valence-corrected chi connectivity index (χ4v) is 4.06. The first-order chi connectivity index (χ1) is 15.3. The molecule has 0 aliphatic heterocycles. The molecule has 1 aromatic heterocycles. The van der Waals surface area contributed by atoms with Gasteiger partial charge in [0, 0.05) is 6.54 Å². The predicted molar refractivity (Wildman–Crippen MR) is 122 cm³/mol. The van der Waals surface area contributed by atoms with Gasteiger partial charge < -0.3 is 14.8 Å². The van der Waals surface area contributed by atoms with Crippen molar-refractivity contribution in [3.8, 4) is 0 Å². The molecule has 4 aromatic rings. The van der Waals surface area contributed by atoms with E-state index in [4.69, 9.17) is 9.47 Å². The number of benzene rings is 3. The summed E-state index contributed by atoms with van der Waals surface area (Å²) in [6.45, 7) is 1.91. The second kappa shape index (κ2) is 10.8. The van der Waals surface area contributed by atoms with E-state index in [0.717, 1.165) is 31.9 Å². The van der Waals surface area contributed by atoms with E-state index >= 15 is 0 Å². The molecule has 0 spiro atoms. The first-order valence-electron chi connectivity index (χ1n) is 10.1. The van der Waals surface area contributed by atoms with E-state index in [1.807, 2.05) is 78.9 Å². The number of aromatic nitrogens is 1. The average molecular weight is 433 g/mol. The van der Waals surface area contributed by atoms with Crippen LogP contribution in [0.4, 0.5) is 0 Å². The largest absolute Gasteiger partial charge is 0.372 e. The number of ether oxygens (including phenoxy) is 2. The second-order valence-electron chi connectivity index (χ2n) is 7.14. The topological polar surface area (TPSA) is 60.5 Å². The van der Waals surface area contributed by atoms with Gasteiger partial charge in [0.25, 0.3) is 0 Å². The number of para-hydroxylation sites is 1. The number of fused-ring (bicyclic) bond motifs is 1. The number of hydrogen-bond donors (Lipinski definition) is 1. The lowest BCUT2D eigenvalue weighted by Gasteiger charge is -2.08. The minimum absolute atomic E-state index is 0.00972. The molecule has 0 bridgehead atoms. The van der Waals surface area contributed by atoms with Crippen LogP contribution in [-0.4, -0.2) is 17.5 Å². The van der Waals surface area contributed by atoms with Crippen molar-refractivity contribution in [3.05, 3.63) is 101 Å². The Balaban J connectivity index is 1.18. The highest BCUT2D eigenvalue weighted by atomic mass is 32.1. The van der Waals surface area contributed by atoms with Gasteiger partial charge in [-0.1, -0.05) is 66.7 Å². The summed E-state index contributed by atoms with van der Waals surface area (Å²) in [6, 6.07) is 26.1. The fourth-order valence-electron chi connectivity index (χ4n) is 3.15. The normalized spacial score (nSPS) is 11.0. The lowest BCUT2D eigenvalue weighted by atomic mass is 10.1. The second-order valence-corrected chi connectivity index (χ2v) is 8.26. The van der Waals surface area contributed by atoms with Crippen LogP contribution in [0.5, 0.6) is 0 Å². The Hall–Kier alpha value is -3.06. The van der Waals surface area contributed by atoms with Crippen molar-refractivity contribution in [1.82, 2.24) is 10.3 Å². The van der Waals surface area contributed by atoms with Crippen LogP contribution in [0.1, 0.15) is 21.7 Å². The van der Waals surface area contributed by atoms with Gasteiger partial charge in [-0.3, -0.25) is 4.79 Å². The summed E-state index contributed by atoms with van der Waals surface area (Å²) in [5, 5.41) is 3.77. The molecule has 3 aromatic carbocycles. The van der Waals surface area contributed by atoms with E-state index < -0.39 is 0 Å². The molecule has 0 saturated heterocycles. The van der Waals surface area contributed by atoms with E-state index in [2.05, 4.69) is 10.3 Å². The van der Waals surface area contributed by atoms with Crippen molar-refractivity contribution in [2.75, 3.05) is 6.61 Å². The minimum Gasteiger partial charge on any atom is -0.372 e. The summed E-state index contributed by atoms with van der Waals surface area (Å²) in [4.78, 5) is 16.6. The van der Waals surface area contributed by atoms with Crippen LogP contribution in [0.25, 0.3) is 10.2 Å². The summed E-state index contributed by atoms with van der Waals surface area (Å²) in [7, 11) is 0. The number of carbonyl (C=O) groups is 1. The monoisotopic (exact) mass is 432 g/mol.